The number of hydrogen-bond acceptors (Lipinski definition) is 5. The lowest BCUT2D eigenvalue weighted by atomic mass is 10.1. The predicted octanol–water partition coefficient (Wildman–Crippen LogP) is 3.33. The van der Waals surface area contributed by atoms with Crippen LogP contribution in [0.1, 0.15) is 44.9 Å². The zero-order valence-corrected chi connectivity index (χ0v) is 12.5. The van der Waals surface area contributed by atoms with Crippen molar-refractivity contribution in [3.63, 3.8) is 0 Å². The van der Waals surface area contributed by atoms with Gasteiger partial charge in [0.25, 0.3) is 0 Å². The van der Waals surface area contributed by atoms with Crippen molar-refractivity contribution < 1.29 is 0 Å². The molecular formula is C14H20N4S. The zero-order valence-electron chi connectivity index (χ0n) is 11.7. The second-order valence-corrected chi connectivity index (χ2v) is 5.80. The maximum atomic E-state index is 6.15. The van der Waals surface area contributed by atoms with Crippen LogP contribution in [0.15, 0.2) is 12.0 Å². The fraction of sp³-hybridized carbons (Fsp3) is 0.429. The minimum atomic E-state index is 0.774. The molecule has 4 nitrogen and oxygen atoms in total. The average molecular weight is 276 g/mol. The fourth-order valence-corrected chi connectivity index (χ4v) is 3.15. The Labute approximate surface area is 117 Å². The molecule has 0 saturated heterocycles. The van der Waals surface area contributed by atoms with Crippen LogP contribution in [0.3, 0.4) is 0 Å². The Morgan fingerprint density at radius 2 is 2.05 bits per heavy atom. The molecule has 4 N–H and O–H groups in total. The van der Waals surface area contributed by atoms with Gasteiger partial charge in [-0.05, 0) is 32.3 Å². The van der Waals surface area contributed by atoms with Crippen molar-refractivity contribution in [2.75, 3.05) is 5.73 Å². The Hall–Kier alpha value is -1.62. The van der Waals surface area contributed by atoms with Crippen LogP contribution in [0.4, 0.5) is 5.00 Å². The number of unbranched alkanes of at least 4 members (excludes halogenated alkanes) is 1. The van der Waals surface area contributed by atoms with Crippen LogP contribution in [0.2, 0.25) is 0 Å². The highest BCUT2D eigenvalue weighted by molar-refractivity contribution is 7.23. The number of nitrogen functional groups attached to an aromatic ring is 1. The number of hydrogen-bond donors (Lipinski definition) is 2. The Morgan fingerprint density at radius 1 is 1.32 bits per heavy atom. The lowest BCUT2D eigenvalue weighted by Gasteiger charge is -2.04. The minimum absolute atomic E-state index is 0.774. The molecule has 0 unspecified atom stereocenters. The van der Waals surface area contributed by atoms with E-state index in [4.69, 9.17) is 11.5 Å². The quantitative estimate of drug-likeness (QED) is 0.898. The van der Waals surface area contributed by atoms with Crippen molar-refractivity contribution in [2.24, 2.45) is 5.73 Å². The van der Waals surface area contributed by atoms with E-state index in [1.54, 1.807) is 17.7 Å². The number of nitrogens with zero attached hydrogens (tertiary/aromatic N) is 2. The monoisotopic (exact) mass is 276 g/mol. The molecule has 0 atom stereocenters. The molecule has 0 saturated carbocycles. The van der Waals surface area contributed by atoms with Gasteiger partial charge in [0.15, 0.2) is 0 Å². The van der Waals surface area contributed by atoms with E-state index in [1.807, 2.05) is 13.8 Å². The molecule has 102 valence electrons. The molecule has 19 heavy (non-hydrogen) atoms. The van der Waals surface area contributed by atoms with Gasteiger partial charge < -0.3 is 11.5 Å². The third kappa shape index (κ3) is 2.56. The number of aryl methyl sites for hydroxylation is 1. The molecule has 0 aliphatic carbocycles. The van der Waals surface area contributed by atoms with E-state index in [-0.39, 0.29) is 0 Å². The summed E-state index contributed by atoms with van der Waals surface area (Å²) >= 11 is 1.56. The molecule has 2 aromatic heterocycles. The Kier molecular flexibility index (Phi) is 4.04. The van der Waals surface area contributed by atoms with E-state index in [0.717, 1.165) is 57.0 Å². The number of aromatic nitrogens is 2. The number of fused-ring (bicyclic) bond motifs is 1. The third-order valence-corrected chi connectivity index (χ3v) is 4.36. The van der Waals surface area contributed by atoms with Gasteiger partial charge >= 0.3 is 0 Å². The summed E-state index contributed by atoms with van der Waals surface area (Å²) in [6, 6.07) is 0. The Balaban J connectivity index is 2.62. The Morgan fingerprint density at radius 3 is 2.68 bits per heavy atom. The molecule has 0 spiro atoms. The van der Waals surface area contributed by atoms with Crippen molar-refractivity contribution in [3.05, 3.63) is 23.3 Å². The van der Waals surface area contributed by atoms with Crippen LogP contribution in [0.25, 0.3) is 15.8 Å². The van der Waals surface area contributed by atoms with Crippen LogP contribution < -0.4 is 11.5 Å². The maximum absolute atomic E-state index is 6.15. The van der Waals surface area contributed by atoms with Crippen LogP contribution in [-0.2, 0) is 6.42 Å². The van der Waals surface area contributed by atoms with E-state index >= 15 is 0 Å². The molecule has 0 amide bonds. The van der Waals surface area contributed by atoms with Gasteiger partial charge in [-0.3, -0.25) is 0 Å². The summed E-state index contributed by atoms with van der Waals surface area (Å²) in [5.74, 6) is 0. The highest BCUT2D eigenvalue weighted by Crippen LogP contribution is 2.38. The molecule has 0 aliphatic heterocycles. The lowest BCUT2D eigenvalue weighted by Crippen LogP contribution is -1.98. The van der Waals surface area contributed by atoms with Crippen molar-refractivity contribution >= 4 is 32.1 Å². The van der Waals surface area contributed by atoms with Gasteiger partial charge in [-0.25, -0.2) is 9.97 Å². The molecule has 0 radical (unpaired) electrons. The maximum Gasteiger partial charge on any atom is 0.116 e. The summed E-state index contributed by atoms with van der Waals surface area (Å²) < 4.78 is 1.10. The average Bonchev–Trinajstić information content (AvgIpc) is 2.71. The van der Waals surface area contributed by atoms with E-state index in [1.165, 1.54) is 0 Å². The molecule has 0 bridgehead atoms. The molecule has 2 heterocycles. The minimum Gasteiger partial charge on any atom is -0.402 e. The smallest absolute Gasteiger partial charge is 0.116 e. The van der Waals surface area contributed by atoms with E-state index in [0.29, 0.717) is 0 Å². The van der Waals surface area contributed by atoms with Gasteiger partial charge in [-0.1, -0.05) is 13.3 Å². The van der Waals surface area contributed by atoms with Gasteiger partial charge in [0.1, 0.15) is 6.33 Å². The molecule has 0 aliphatic rings. The zero-order chi connectivity index (χ0) is 14.0. The number of rotatable bonds is 4. The van der Waals surface area contributed by atoms with Crippen molar-refractivity contribution in [3.8, 4) is 0 Å². The molecule has 0 aromatic carbocycles. The summed E-state index contributed by atoms with van der Waals surface area (Å²) in [7, 11) is 0. The third-order valence-electron chi connectivity index (χ3n) is 3.31. The second kappa shape index (κ2) is 5.57. The summed E-state index contributed by atoms with van der Waals surface area (Å²) in [6.45, 7) is 6.05. The van der Waals surface area contributed by atoms with E-state index in [9.17, 15) is 0 Å². The largest absolute Gasteiger partial charge is 0.402 e. The SMILES string of the molecule is CCCCc1ncnc2c(/C(C)=C(/C)N)c(N)sc12. The van der Waals surface area contributed by atoms with E-state index in [2.05, 4.69) is 16.9 Å². The molecule has 0 fully saturated rings. The predicted molar refractivity (Wildman–Crippen MR) is 82.9 cm³/mol. The highest BCUT2D eigenvalue weighted by atomic mass is 32.1. The summed E-state index contributed by atoms with van der Waals surface area (Å²) in [5.41, 5.74) is 16.8. The normalized spacial score (nSPS) is 12.8. The first kappa shape index (κ1) is 13.8. The van der Waals surface area contributed by atoms with Crippen LogP contribution >= 0.6 is 11.3 Å². The first-order valence-electron chi connectivity index (χ1n) is 6.51. The van der Waals surface area contributed by atoms with Crippen molar-refractivity contribution in [2.45, 2.75) is 40.0 Å². The lowest BCUT2D eigenvalue weighted by molar-refractivity contribution is 0.781. The van der Waals surface area contributed by atoms with Crippen LogP contribution in [0.5, 0.6) is 0 Å². The first-order valence-corrected chi connectivity index (χ1v) is 7.33. The summed E-state index contributed by atoms with van der Waals surface area (Å²) in [6.07, 6.45) is 4.88. The molecular weight excluding hydrogens is 256 g/mol. The molecule has 2 aromatic rings. The van der Waals surface area contributed by atoms with Crippen molar-refractivity contribution in [1.29, 1.82) is 0 Å². The highest BCUT2D eigenvalue weighted by Gasteiger charge is 2.16. The van der Waals surface area contributed by atoms with Gasteiger partial charge in [-0.15, -0.1) is 11.3 Å². The van der Waals surface area contributed by atoms with Crippen molar-refractivity contribution in [1.82, 2.24) is 9.97 Å². The topological polar surface area (TPSA) is 77.8 Å². The van der Waals surface area contributed by atoms with Gasteiger partial charge in [0.05, 0.1) is 20.9 Å². The van der Waals surface area contributed by atoms with Gasteiger partial charge in [0.2, 0.25) is 0 Å². The van der Waals surface area contributed by atoms with E-state index < -0.39 is 0 Å². The van der Waals surface area contributed by atoms with Crippen LogP contribution in [0, 0.1) is 0 Å². The number of anilines is 1. The summed E-state index contributed by atoms with van der Waals surface area (Å²) in [5, 5.41) is 0.774. The number of nitrogens with two attached hydrogens (primary N) is 2. The molecule has 2 rings (SSSR count). The van der Waals surface area contributed by atoms with Gasteiger partial charge in [-0.2, -0.15) is 0 Å². The fourth-order valence-electron chi connectivity index (χ4n) is 2.06. The number of allylic oxidation sites excluding steroid dienone is 2. The second-order valence-electron chi connectivity index (χ2n) is 4.75. The standard InChI is InChI=1S/C14H20N4S/c1-4-5-6-10-13-12(18-7-17-10)11(14(16)19-13)8(2)9(3)15/h7H,4-6,15-16H2,1-3H3/b9-8-. The Bertz CT molecular complexity index is 624. The van der Waals surface area contributed by atoms with Crippen LogP contribution in [-0.4, -0.2) is 9.97 Å². The molecule has 5 heteroatoms. The van der Waals surface area contributed by atoms with Gasteiger partial charge in [0, 0.05) is 11.3 Å². The summed E-state index contributed by atoms with van der Waals surface area (Å²) in [4.78, 5) is 8.80. The number of thiophene rings is 1. The first-order chi connectivity index (χ1) is 9.06.